The van der Waals surface area contributed by atoms with Crippen LogP contribution in [0.5, 0.6) is 11.5 Å². The van der Waals surface area contributed by atoms with Gasteiger partial charge in [-0.1, -0.05) is 13.8 Å². The molecule has 0 fully saturated rings. The molecular formula is C29H42N2O4+2. The summed E-state index contributed by atoms with van der Waals surface area (Å²) in [5.74, 6) is 1.66. The van der Waals surface area contributed by atoms with Crippen molar-refractivity contribution in [2.24, 2.45) is 5.92 Å². The molecule has 0 unspecified atom stereocenters. The van der Waals surface area contributed by atoms with Crippen molar-refractivity contribution in [2.45, 2.75) is 68.5 Å². The maximum absolute atomic E-state index is 10.3. The van der Waals surface area contributed by atoms with Gasteiger partial charge in [-0.2, -0.15) is 0 Å². The van der Waals surface area contributed by atoms with E-state index < -0.39 is 0 Å². The highest BCUT2D eigenvalue weighted by Crippen LogP contribution is 2.36. The molecule has 190 valence electrons. The maximum atomic E-state index is 10.3. The number of hydrogen-bond acceptors (Lipinski definition) is 4. The van der Waals surface area contributed by atoms with Gasteiger partial charge in [0.15, 0.2) is 0 Å². The highest BCUT2D eigenvalue weighted by Gasteiger charge is 2.45. The van der Waals surface area contributed by atoms with Gasteiger partial charge in [-0.3, -0.25) is 4.79 Å². The zero-order valence-corrected chi connectivity index (χ0v) is 23.5. The lowest BCUT2D eigenvalue weighted by Gasteiger charge is -2.14. The van der Waals surface area contributed by atoms with Gasteiger partial charge in [0, 0.05) is 36.1 Å². The van der Waals surface area contributed by atoms with Crippen molar-refractivity contribution >= 4 is 28.8 Å². The third-order valence-electron chi connectivity index (χ3n) is 6.55. The number of rotatable bonds is 5. The summed E-state index contributed by atoms with van der Waals surface area (Å²) in [6, 6.07) is 8.46. The van der Waals surface area contributed by atoms with E-state index >= 15 is 0 Å². The Morgan fingerprint density at radius 1 is 0.714 bits per heavy atom. The van der Waals surface area contributed by atoms with Crippen molar-refractivity contribution in [2.75, 3.05) is 21.3 Å². The van der Waals surface area contributed by atoms with Gasteiger partial charge in [-0.25, -0.2) is 0 Å². The molecule has 3 rings (SSSR count). The minimum Gasteiger partial charge on any atom is -0.497 e. The molecule has 1 aliphatic rings. The Morgan fingerprint density at radius 2 is 1.03 bits per heavy atom. The number of methoxy groups -OCH3 is 3. The number of hydrogen-bond donors (Lipinski definition) is 0. The third kappa shape index (κ3) is 5.75. The Balaban J connectivity index is 0.000000540. The van der Waals surface area contributed by atoms with Gasteiger partial charge in [0.25, 0.3) is 11.4 Å². The molecule has 6 nitrogen and oxygen atoms in total. The summed E-state index contributed by atoms with van der Waals surface area (Å²) >= 11 is 0. The smallest absolute Gasteiger partial charge is 0.351 e. The number of benzene rings is 2. The van der Waals surface area contributed by atoms with E-state index in [9.17, 15) is 4.79 Å². The first-order valence-electron chi connectivity index (χ1n) is 12.0. The molecule has 35 heavy (non-hydrogen) atoms. The first kappa shape index (κ1) is 28.1. The lowest BCUT2D eigenvalue weighted by Crippen LogP contribution is -2.27. The van der Waals surface area contributed by atoms with Crippen LogP contribution in [0.15, 0.2) is 24.3 Å². The first-order chi connectivity index (χ1) is 16.4. The second-order valence-corrected chi connectivity index (χ2v) is 9.44. The van der Waals surface area contributed by atoms with Crippen LogP contribution in [-0.2, 0) is 9.53 Å². The molecule has 1 heterocycles. The molecule has 6 heteroatoms. The normalized spacial score (nSPS) is 13.7. The molecule has 0 amide bonds. The van der Waals surface area contributed by atoms with Gasteiger partial charge in [0.05, 0.1) is 34.2 Å². The minimum atomic E-state index is -0.153. The van der Waals surface area contributed by atoms with Crippen molar-refractivity contribution in [3.05, 3.63) is 46.5 Å². The largest absolute Gasteiger partial charge is 0.497 e. The van der Waals surface area contributed by atoms with Crippen LogP contribution >= 0.6 is 0 Å². The van der Waals surface area contributed by atoms with Crippen LogP contribution in [0.25, 0.3) is 0 Å². The molecular weight excluding hydrogens is 440 g/mol. The fourth-order valence-electron chi connectivity index (χ4n) is 4.80. The molecule has 0 bridgehead atoms. The Morgan fingerprint density at radius 3 is 1.23 bits per heavy atom. The van der Waals surface area contributed by atoms with Crippen LogP contribution < -0.4 is 9.47 Å². The van der Waals surface area contributed by atoms with Gasteiger partial charge < -0.3 is 14.2 Å². The Hall–Kier alpha value is -3.15. The monoisotopic (exact) mass is 482 g/mol. The highest BCUT2D eigenvalue weighted by atomic mass is 16.5. The van der Waals surface area contributed by atoms with E-state index in [0.717, 1.165) is 11.5 Å². The molecule has 0 aliphatic carbocycles. The molecule has 0 aromatic heterocycles. The van der Waals surface area contributed by atoms with Crippen molar-refractivity contribution in [1.82, 2.24) is 0 Å². The first-order valence-corrected chi connectivity index (χ1v) is 12.0. The van der Waals surface area contributed by atoms with Crippen LogP contribution in [-0.4, -0.2) is 54.0 Å². The number of carbonyl (C=O) groups is 1. The number of ether oxygens (including phenoxy) is 3. The molecule has 0 saturated carbocycles. The van der Waals surface area contributed by atoms with E-state index in [1.807, 2.05) is 0 Å². The molecule has 1 aliphatic heterocycles. The molecule has 0 atom stereocenters. The molecule has 0 spiro atoms. The van der Waals surface area contributed by atoms with E-state index in [4.69, 9.17) is 9.47 Å². The Bertz CT molecular complexity index is 1050. The Labute approximate surface area is 210 Å². The van der Waals surface area contributed by atoms with Crippen LogP contribution in [0, 0.1) is 33.6 Å². The summed E-state index contributed by atoms with van der Waals surface area (Å²) in [7, 11) is 4.83. The number of nitrogens with zero attached hydrogens (tertiary/aromatic N) is 2. The van der Waals surface area contributed by atoms with E-state index in [0.29, 0.717) is 0 Å². The van der Waals surface area contributed by atoms with Crippen molar-refractivity contribution in [3.8, 4) is 11.5 Å². The lowest BCUT2D eigenvalue weighted by molar-refractivity contribution is -0.688. The summed E-state index contributed by atoms with van der Waals surface area (Å²) in [6.07, 6.45) is 0.177. The zero-order chi connectivity index (χ0) is 26.6. The van der Waals surface area contributed by atoms with Crippen molar-refractivity contribution in [1.29, 1.82) is 0 Å². The van der Waals surface area contributed by atoms with Gasteiger partial charge >= 0.3 is 12.1 Å². The number of esters is 1. The molecule has 0 saturated heterocycles. The van der Waals surface area contributed by atoms with Gasteiger partial charge in [-0.15, -0.1) is 9.15 Å². The SMILES string of the molecule is COC(=O)C(C)C.COc1cc(C)c([N+]2=C(C)C(C)=[N+](c3c(C)cc(OC)cc3C)C2C)c(C)c1. The summed E-state index contributed by atoms with van der Waals surface area (Å²) in [5.41, 5.74) is 9.97. The predicted octanol–water partition coefficient (Wildman–Crippen LogP) is 6.02. The third-order valence-corrected chi connectivity index (χ3v) is 6.55. The average Bonchev–Trinajstić information content (AvgIpc) is 3.01. The second kappa shape index (κ2) is 11.5. The van der Waals surface area contributed by atoms with E-state index in [1.165, 1.54) is 52.2 Å². The lowest BCUT2D eigenvalue weighted by atomic mass is 10.1. The zero-order valence-electron chi connectivity index (χ0n) is 23.5. The number of carbonyl (C=O) groups excluding carboxylic acids is 1. The fourth-order valence-corrected chi connectivity index (χ4v) is 4.80. The maximum Gasteiger partial charge on any atom is 0.351 e. The summed E-state index contributed by atoms with van der Waals surface area (Å²) < 4.78 is 20.2. The standard InChI is InChI=1S/C24H32N2O2.C5H10O2/c1-14-10-21(27-8)11-15(2)23(14)25-18(5)19(6)26(20(25)7)24-16(3)12-22(28-9)13-17(24)4;1-4(2)5(6)7-3/h10-13,20H,1-9H3;4H,1-3H3/q+2;. The van der Waals surface area contributed by atoms with Crippen molar-refractivity contribution in [3.63, 3.8) is 0 Å². The number of aryl methyl sites for hydroxylation is 4. The topological polar surface area (TPSA) is 50.8 Å². The van der Waals surface area contributed by atoms with Crippen molar-refractivity contribution < 1.29 is 28.2 Å². The summed E-state index contributed by atoms with van der Waals surface area (Å²) in [6.45, 7) is 18.9. The average molecular weight is 483 g/mol. The summed E-state index contributed by atoms with van der Waals surface area (Å²) in [4.78, 5) is 10.3. The molecule has 2 aromatic carbocycles. The Kier molecular flexibility index (Phi) is 9.24. The fraction of sp³-hybridized carbons (Fsp3) is 0.483. The van der Waals surface area contributed by atoms with E-state index in [-0.39, 0.29) is 18.1 Å². The molecule has 0 radical (unpaired) electrons. The van der Waals surface area contributed by atoms with Gasteiger partial charge in [-0.05, 0) is 52.0 Å². The van der Waals surface area contributed by atoms with Gasteiger partial charge in [0.2, 0.25) is 11.4 Å². The van der Waals surface area contributed by atoms with Crippen LogP contribution in [0.4, 0.5) is 11.4 Å². The van der Waals surface area contributed by atoms with E-state index in [2.05, 4.69) is 86.6 Å². The van der Waals surface area contributed by atoms with Crippen LogP contribution in [0.1, 0.15) is 56.9 Å². The van der Waals surface area contributed by atoms with Crippen LogP contribution in [0.3, 0.4) is 0 Å². The second-order valence-electron chi connectivity index (χ2n) is 9.44. The van der Waals surface area contributed by atoms with Gasteiger partial charge in [0.1, 0.15) is 11.5 Å². The predicted molar refractivity (Wildman–Crippen MR) is 142 cm³/mol. The summed E-state index contributed by atoms with van der Waals surface area (Å²) in [5, 5.41) is 0. The quantitative estimate of drug-likeness (QED) is 0.386. The molecule has 2 aromatic rings. The minimum absolute atomic E-state index is 0.00463. The highest BCUT2D eigenvalue weighted by molar-refractivity contribution is 6.37. The van der Waals surface area contributed by atoms with E-state index in [1.54, 1.807) is 28.1 Å². The van der Waals surface area contributed by atoms with Crippen LogP contribution in [0.2, 0.25) is 0 Å². The molecule has 0 N–H and O–H groups in total.